The van der Waals surface area contributed by atoms with Gasteiger partial charge in [0.05, 0.1) is 6.10 Å². The van der Waals surface area contributed by atoms with Gasteiger partial charge < -0.3 is 15.2 Å². The van der Waals surface area contributed by atoms with Crippen molar-refractivity contribution in [3.05, 3.63) is 0 Å². The van der Waals surface area contributed by atoms with Gasteiger partial charge in [0.15, 0.2) is 0 Å². The highest BCUT2D eigenvalue weighted by Crippen LogP contribution is 2.32. The lowest BCUT2D eigenvalue weighted by molar-refractivity contribution is -0.124. The lowest BCUT2D eigenvalue weighted by Crippen LogP contribution is -2.36. The lowest BCUT2D eigenvalue weighted by Gasteiger charge is -2.34. The molecule has 1 unspecified atom stereocenters. The van der Waals surface area contributed by atoms with Crippen molar-refractivity contribution < 1.29 is 14.6 Å². The summed E-state index contributed by atoms with van der Waals surface area (Å²) < 4.78 is 5.47. The van der Waals surface area contributed by atoms with Crippen LogP contribution in [0.4, 0.5) is 0 Å². The van der Waals surface area contributed by atoms with Gasteiger partial charge in [-0.25, -0.2) is 0 Å². The highest BCUT2D eigenvalue weighted by atomic mass is 16.5. The molecule has 18 heavy (non-hydrogen) atoms. The van der Waals surface area contributed by atoms with Crippen LogP contribution in [-0.2, 0) is 9.53 Å². The van der Waals surface area contributed by atoms with E-state index in [-0.39, 0.29) is 12.5 Å². The van der Waals surface area contributed by atoms with Gasteiger partial charge in [-0.05, 0) is 44.4 Å². The highest BCUT2D eigenvalue weighted by Gasteiger charge is 2.30. The molecule has 1 saturated carbocycles. The fraction of sp³-hybridized carbons (Fsp3) is 0.929. The Balaban J connectivity index is 1.95. The maximum Gasteiger partial charge on any atom is 0.220 e. The van der Waals surface area contributed by atoms with Gasteiger partial charge in [0, 0.05) is 26.2 Å². The quantitative estimate of drug-likeness (QED) is 0.618. The molecule has 1 atom stereocenters. The molecule has 0 aromatic rings. The molecule has 0 aromatic heterocycles. The molecular weight excluding hydrogens is 230 g/mol. The van der Waals surface area contributed by atoms with Crippen molar-refractivity contribution in [2.24, 2.45) is 11.8 Å². The molecule has 0 spiro atoms. The number of hydrogen-bond donors (Lipinski definition) is 2. The zero-order chi connectivity index (χ0) is 13.4. The first-order valence-electron chi connectivity index (χ1n) is 7.14. The summed E-state index contributed by atoms with van der Waals surface area (Å²) in [4.78, 5) is 11.6. The standard InChI is InChI=1S/C14H27NO3/c1-3-18-13-7-12(8-13)9-14(17)15-6-4-5-11(2)10-16/h11-13,16H,3-10H2,1-2H3,(H,15,17). The molecule has 1 aliphatic rings. The molecule has 106 valence electrons. The van der Waals surface area contributed by atoms with E-state index in [1.807, 2.05) is 13.8 Å². The van der Waals surface area contributed by atoms with Gasteiger partial charge in [-0.2, -0.15) is 0 Å². The van der Waals surface area contributed by atoms with E-state index in [0.29, 0.717) is 24.4 Å². The van der Waals surface area contributed by atoms with Crippen molar-refractivity contribution in [2.75, 3.05) is 19.8 Å². The zero-order valence-corrected chi connectivity index (χ0v) is 11.7. The molecule has 0 aromatic carbocycles. The van der Waals surface area contributed by atoms with Crippen molar-refractivity contribution >= 4 is 5.91 Å². The Bertz CT molecular complexity index is 239. The van der Waals surface area contributed by atoms with Crippen LogP contribution in [0.3, 0.4) is 0 Å². The fourth-order valence-corrected chi connectivity index (χ4v) is 2.32. The first-order chi connectivity index (χ1) is 8.65. The third-order valence-electron chi connectivity index (χ3n) is 3.58. The van der Waals surface area contributed by atoms with E-state index in [0.717, 1.165) is 38.8 Å². The Kier molecular flexibility index (Phi) is 7.28. The number of hydrogen-bond acceptors (Lipinski definition) is 3. The van der Waals surface area contributed by atoms with E-state index < -0.39 is 0 Å². The Morgan fingerprint density at radius 1 is 1.50 bits per heavy atom. The largest absolute Gasteiger partial charge is 0.396 e. The Morgan fingerprint density at radius 3 is 2.83 bits per heavy atom. The smallest absolute Gasteiger partial charge is 0.220 e. The van der Waals surface area contributed by atoms with Crippen LogP contribution in [0.1, 0.15) is 46.0 Å². The summed E-state index contributed by atoms with van der Waals surface area (Å²) in [6.45, 7) is 5.75. The van der Waals surface area contributed by atoms with Gasteiger partial charge in [0.25, 0.3) is 0 Å². The minimum atomic E-state index is 0.159. The normalized spacial score (nSPS) is 24.4. The van der Waals surface area contributed by atoms with Crippen LogP contribution >= 0.6 is 0 Å². The average molecular weight is 257 g/mol. The molecule has 4 nitrogen and oxygen atoms in total. The summed E-state index contributed by atoms with van der Waals surface area (Å²) >= 11 is 0. The average Bonchev–Trinajstić information content (AvgIpc) is 2.31. The number of ether oxygens (including phenoxy) is 1. The number of aliphatic hydroxyl groups is 1. The zero-order valence-electron chi connectivity index (χ0n) is 11.7. The Labute approximate surface area is 110 Å². The predicted octanol–water partition coefficient (Wildman–Crippen LogP) is 1.72. The van der Waals surface area contributed by atoms with Gasteiger partial charge in [-0.3, -0.25) is 4.79 Å². The van der Waals surface area contributed by atoms with Crippen molar-refractivity contribution in [1.82, 2.24) is 5.32 Å². The summed E-state index contributed by atoms with van der Waals surface area (Å²) in [5.41, 5.74) is 0. The molecule has 1 amide bonds. The second-order valence-corrected chi connectivity index (χ2v) is 5.40. The van der Waals surface area contributed by atoms with Gasteiger partial charge >= 0.3 is 0 Å². The minimum absolute atomic E-state index is 0.159. The van der Waals surface area contributed by atoms with E-state index in [9.17, 15) is 4.79 Å². The summed E-state index contributed by atoms with van der Waals surface area (Å²) in [6, 6.07) is 0. The fourth-order valence-electron chi connectivity index (χ4n) is 2.32. The maximum absolute atomic E-state index is 11.6. The van der Waals surface area contributed by atoms with Gasteiger partial charge in [-0.1, -0.05) is 6.92 Å². The summed E-state index contributed by atoms with van der Waals surface area (Å²) in [5.74, 6) is 1.00. The number of nitrogens with one attached hydrogen (secondary N) is 1. The van der Waals surface area contributed by atoms with Crippen LogP contribution in [-0.4, -0.2) is 36.9 Å². The molecule has 0 bridgehead atoms. The number of carbonyl (C=O) groups is 1. The molecule has 0 saturated heterocycles. The first-order valence-corrected chi connectivity index (χ1v) is 7.14. The molecule has 1 fully saturated rings. The van der Waals surface area contributed by atoms with Crippen molar-refractivity contribution in [2.45, 2.75) is 52.1 Å². The first kappa shape index (κ1) is 15.4. The Hall–Kier alpha value is -0.610. The van der Waals surface area contributed by atoms with Crippen molar-refractivity contribution in [1.29, 1.82) is 0 Å². The topological polar surface area (TPSA) is 58.6 Å². The van der Waals surface area contributed by atoms with Crippen molar-refractivity contribution in [3.8, 4) is 0 Å². The summed E-state index contributed by atoms with van der Waals surface area (Å²) in [5, 5.41) is 11.8. The van der Waals surface area contributed by atoms with Crippen LogP contribution in [0.15, 0.2) is 0 Å². The molecule has 4 heteroatoms. The van der Waals surface area contributed by atoms with Crippen LogP contribution in [0.5, 0.6) is 0 Å². The van der Waals surface area contributed by atoms with Crippen LogP contribution < -0.4 is 5.32 Å². The molecule has 1 rings (SSSR count). The third kappa shape index (κ3) is 5.83. The molecule has 1 aliphatic carbocycles. The van der Waals surface area contributed by atoms with Crippen molar-refractivity contribution in [3.63, 3.8) is 0 Å². The summed E-state index contributed by atoms with van der Waals surface area (Å²) in [7, 11) is 0. The minimum Gasteiger partial charge on any atom is -0.396 e. The molecule has 0 heterocycles. The van der Waals surface area contributed by atoms with E-state index >= 15 is 0 Å². The summed E-state index contributed by atoms with van der Waals surface area (Å²) in [6.07, 6.45) is 5.00. The highest BCUT2D eigenvalue weighted by molar-refractivity contribution is 5.76. The Morgan fingerprint density at radius 2 is 2.22 bits per heavy atom. The van der Waals surface area contributed by atoms with E-state index in [2.05, 4.69) is 5.32 Å². The van der Waals surface area contributed by atoms with E-state index in [1.54, 1.807) is 0 Å². The number of aliphatic hydroxyl groups excluding tert-OH is 1. The molecule has 2 N–H and O–H groups in total. The monoisotopic (exact) mass is 257 g/mol. The lowest BCUT2D eigenvalue weighted by atomic mass is 9.80. The number of amides is 1. The number of rotatable bonds is 9. The van der Waals surface area contributed by atoms with E-state index in [4.69, 9.17) is 9.84 Å². The molecule has 0 radical (unpaired) electrons. The molecule has 0 aliphatic heterocycles. The molecular formula is C14H27NO3. The van der Waals surface area contributed by atoms with Crippen LogP contribution in [0.25, 0.3) is 0 Å². The second-order valence-electron chi connectivity index (χ2n) is 5.40. The number of carbonyl (C=O) groups excluding carboxylic acids is 1. The van der Waals surface area contributed by atoms with Crippen LogP contribution in [0, 0.1) is 11.8 Å². The van der Waals surface area contributed by atoms with Gasteiger partial charge in [0.1, 0.15) is 0 Å². The van der Waals surface area contributed by atoms with Crippen LogP contribution in [0.2, 0.25) is 0 Å². The van der Waals surface area contributed by atoms with E-state index in [1.165, 1.54) is 0 Å². The second kappa shape index (κ2) is 8.48. The predicted molar refractivity (Wildman–Crippen MR) is 71.2 cm³/mol. The van der Waals surface area contributed by atoms with Gasteiger partial charge in [-0.15, -0.1) is 0 Å². The maximum atomic E-state index is 11.6. The SMILES string of the molecule is CCOC1CC(CC(=O)NCCCC(C)CO)C1. The van der Waals surface area contributed by atoms with Gasteiger partial charge in [0.2, 0.25) is 5.91 Å². The third-order valence-corrected chi connectivity index (χ3v) is 3.58.